The van der Waals surface area contributed by atoms with Crippen molar-refractivity contribution in [2.45, 2.75) is 19.4 Å². The van der Waals surface area contributed by atoms with E-state index in [1.165, 1.54) is 0 Å². The number of amides is 1. The molecule has 0 N–H and O–H groups in total. The molecule has 0 bridgehead atoms. The van der Waals surface area contributed by atoms with Crippen molar-refractivity contribution in [2.75, 3.05) is 13.2 Å². The standard InChI is InChI=1S/C16H14BrN3O3/c1-2-23-16(22)13-14-11-6-7-19(11)15(21)12-9(17)4-3-5-10(12)20(14)8-18-13/h3-5,8,11H,2,6-7H2,1H3/t11-/m0/s1. The molecule has 2 aromatic rings. The number of carbonyl (C=O) groups excluding carboxylic acids is 2. The molecule has 0 unspecified atom stereocenters. The molecule has 1 fully saturated rings. The van der Waals surface area contributed by atoms with E-state index in [0.29, 0.717) is 24.4 Å². The lowest BCUT2D eigenvalue weighted by Gasteiger charge is -2.39. The highest BCUT2D eigenvalue weighted by molar-refractivity contribution is 9.10. The first-order valence-corrected chi connectivity index (χ1v) is 8.27. The monoisotopic (exact) mass is 375 g/mol. The maximum atomic E-state index is 12.8. The molecular formula is C16H14BrN3O3. The minimum atomic E-state index is -0.445. The van der Waals surface area contributed by atoms with E-state index >= 15 is 0 Å². The average Bonchev–Trinajstić information content (AvgIpc) is 2.87. The Hall–Kier alpha value is -2.15. The van der Waals surface area contributed by atoms with Crippen LogP contribution >= 0.6 is 15.9 Å². The molecule has 4 rings (SSSR count). The van der Waals surface area contributed by atoms with Crippen LogP contribution in [0, 0.1) is 0 Å². The molecule has 23 heavy (non-hydrogen) atoms. The van der Waals surface area contributed by atoms with Crippen molar-refractivity contribution >= 4 is 27.8 Å². The maximum Gasteiger partial charge on any atom is 0.358 e. The summed E-state index contributed by atoms with van der Waals surface area (Å²) in [6.45, 7) is 2.73. The largest absolute Gasteiger partial charge is 0.461 e. The zero-order chi connectivity index (χ0) is 16.1. The normalized spacial score (nSPS) is 18.4. The van der Waals surface area contributed by atoms with Crippen molar-refractivity contribution < 1.29 is 14.3 Å². The molecule has 0 radical (unpaired) electrons. The Morgan fingerprint density at radius 1 is 1.48 bits per heavy atom. The number of carbonyl (C=O) groups is 2. The van der Waals surface area contributed by atoms with E-state index in [1.807, 2.05) is 22.8 Å². The van der Waals surface area contributed by atoms with E-state index in [-0.39, 0.29) is 11.9 Å². The van der Waals surface area contributed by atoms with Crippen LogP contribution in [-0.2, 0) is 4.74 Å². The van der Waals surface area contributed by atoms with E-state index in [2.05, 4.69) is 20.9 Å². The number of aromatic nitrogens is 2. The summed E-state index contributed by atoms with van der Waals surface area (Å²) in [5.41, 5.74) is 2.36. The molecule has 6 nitrogen and oxygen atoms in total. The minimum absolute atomic E-state index is 0.0257. The molecule has 1 aromatic heterocycles. The minimum Gasteiger partial charge on any atom is -0.461 e. The van der Waals surface area contributed by atoms with Gasteiger partial charge in [0.1, 0.15) is 6.33 Å². The lowest BCUT2D eigenvalue weighted by molar-refractivity contribution is 0.0427. The van der Waals surface area contributed by atoms with Gasteiger partial charge in [-0.25, -0.2) is 9.78 Å². The summed E-state index contributed by atoms with van der Waals surface area (Å²) in [5, 5.41) is 0. The number of imidazole rings is 1. The molecule has 1 aromatic carbocycles. The average molecular weight is 376 g/mol. The Morgan fingerprint density at radius 3 is 3.00 bits per heavy atom. The molecule has 0 aliphatic carbocycles. The SMILES string of the molecule is CCOC(=O)c1ncn2c1[C@@H]1CCN1C(=O)c1c(Br)cccc1-2. The molecule has 1 saturated heterocycles. The van der Waals surface area contributed by atoms with Crippen LogP contribution in [0.1, 0.15) is 45.9 Å². The van der Waals surface area contributed by atoms with Crippen LogP contribution in [0.15, 0.2) is 29.0 Å². The van der Waals surface area contributed by atoms with E-state index in [1.54, 1.807) is 18.2 Å². The number of hydrogen-bond acceptors (Lipinski definition) is 4. The first kappa shape index (κ1) is 14.4. The zero-order valence-electron chi connectivity index (χ0n) is 12.5. The highest BCUT2D eigenvalue weighted by Gasteiger charge is 2.43. The van der Waals surface area contributed by atoms with Crippen molar-refractivity contribution in [1.82, 2.24) is 14.5 Å². The fourth-order valence-electron chi connectivity index (χ4n) is 3.21. The second kappa shape index (κ2) is 5.19. The summed E-state index contributed by atoms with van der Waals surface area (Å²) in [5.74, 6) is -0.471. The third-order valence-corrected chi connectivity index (χ3v) is 5.00. The van der Waals surface area contributed by atoms with E-state index in [4.69, 9.17) is 4.74 Å². The molecule has 2 aliphatic heterocycles. The van der Waals surface area contributed by atoms with Crippen LogP contribution in [0.25, 0.3) is 5.69 Å². The highest BCUT2D eigenvalue weighted by atomic mass is 79.9. The van der Waals surface area contributed by atoms with Crippen LogP contribution in [0.2, 0.25) is 0 Å². The smallest absolute Gasteiger partial charge is 0.358 e. The Balaban J connectivity index is 1.97. The zero-order valence-corrected chi connectivity index (χ0v) is 14.0. The Bertz CT molecular complexity index is 830. The third-order valence-electron chi connectivity index (χ3n) is 4.33. The summed E-state index contributed by atoms with van der Waals surface area (Å²) in [7, 11) is 0. The van der Waals surface area contributed by atoms with Crippen LogP contribution in [-0.4, -0.2) is 39.5 Å². The summed E-state index contributed by atoms with van der Waals surface area (Å²) in [6.07, 6.45) is 2.41. The molecule has 3 heterocycles. The van der Waals surface area contributed by atoms with Crippen LogP contribution in [0.3, 0.4) is 0 Å². The Kier molecular flexibility index (Phi) is 3.26. The van der Waals surface area contributed by atoms with E-state index in [9.17, 15) is 9.59 Å². The predicted octanol–water partition coefficient (Wildman–Crippen LogP) is 2.71. The van der Waals surface area contributed by atoms with Crippen molar-refractivity contribution in [1.29, 1.82) is 0 Å². The highest BCUT2D eigenvalue weighted by Crippen LogP contribution is 2.42. The van der Waals surface area contributed by atoms with Crippen LogP contribution < -0.4 is 0 Å². The summed E-state index contributed by atoms with van der Waals surface area (Å²) >= 11 is 3.47. The summed E-state index contributed by atoms with van der Waals surface area (Å²) < 4.78 is 7.69. The van der Waals surface area contributed by atoms with Crippen molar-refractivity contribution in [3.8, 4) is 5.69 Å². The summed E-state index contributed by atoms with van der Waals surface area (Å²) in [4.78, 5) is 31.1. The van der Waals surface area contributed by atoms with Gasteiger partial charge in [-0.15, -0.1) is 0 Å². The van der Waals surface area contributed by atoms with Gasteiger partial charge in [0.15, 0.2) is 5.69 Å². The number of hydrogen-bond donors (Lipinski definition) is 0. The van der Waals surface area contributed by atoms with Crippen molar-refractivity contribution in [2.24, 2.45) is 0 Å². The molecule has 118 valence electrons. The second-order valence-electron chi connectivity index (χ2n) is 5.51. The van der Waals surface area contributed by atoms with E-state index in [0.717, 1.165) is 22.3 Å². The van der Waals surface area contributed by atoms with Gasteiger partial charge in [0.2, 0.25) is 0 Å². The summed E-state index contributed by atoms with van der Waals surface area (Å²) in [6, 6.07) is 5.44. The van der Waals surface area contributed by atoms with Gasteiger partial charge in [-0.05, 0) is 41.4 Å². The molecule has 7 heteroatoms. The maximum absolute atomic E-state index is 12.8. The third kappa shape index (κ3) is 1.96. The molecule has 0 spiro atoms. The van der Waals surface area contributed by atoms with Gasteiger partial charge in [-0.2, -0.15) is 0 Å². The van der Waals surface area contributed by atoms with Crippen LogP contribution in [0.4, 0.5) is 0 Å². The fraction of sp³-hybridized carbons (Fsp3) is 0.312. The Morgan fingerprint density at radius 2 is 2.30 bits per heavy atom. The number of rotatable bonds is 2. The quantitative estimate of drug-likeness (QED) is 0.757. The fourth-order valence-corrected chi connectivity index (χ4v) is 3.73. The van der Waals surface area contributed by atoms with Gasteiger partial charge in [0.05, 0.1) is 29.6 Å². The number of ether oxygens (including phenoxy) is 1. The predicted molar refractivity (Wildman–Crippen MR) is 85.6 cm³/mol. The molecule has 2 aliphatic rings. The lowest BCUT2D eigenvalue weighted by Crippen LogP contribution is -2.45. The van der Waals surface area contributed by atoms with Gasteiger partial charge in [-0.1, -0.05) is 6.07 Å². The van der Waals surface area contributed by atoms with Gasteiger partial charge < -0.3 is 9.64 Å². The molecular weight excluding hydrogens is 362 g/mol. The number of fused-ring (bicyclic) bond motifs is 5. The number of esters is 1. The van der Waals surface area contributed by atoms with Crippen molar-refractivity contribution in [3.05, 3.63) is 46.0 Å². The van der Waals surface area contributed by atoms with Gasteiger partial charge in [0, 0.05) is 11.0 Å². The Labute approximate surface area is 141 Å². The molecule has 1 atom stereocenters. The first-order valence-electron chi connectivity index (χ1n) is 7.47. The topological polar surface area (TPSA) is 64.4 Å². The van der Waals surface area contributed by atoms with Crippen LogP contribution in [0.5, 0.6) is 0 Å². The number of nitrogens with zero attached hydrogens (tertiary/aromatic N) is 3. The van der Waals surface area contributed by atoms with Gasteiger partial charge >= 0.3 is 5.97 Å². The second-order valence-corrected chi connectivity index (χ2v) is 6.36. The van der Waals surface area contributed by atoms with Gasteiger partial charge in [0.25, 0.3) is 5.91 Å². The van der Waals surface area contributed by atoms with E-state index < -0.39 is 5.97 Å². The number of halogens is 1. The molecule has 0 saturated carbocycles. The number of benzene rings is 1. The van der Waals surface area contributed by atoms with Crippen molar-refractivity contribution in [3.63, 3.8) is 0 Å². The lowest BCUT2D eigenvalue weighted by atomic mass is 9.97. The molecule has 1 amide bonds. The van der Waals surface area contributed by atoms with Gasteiger partial charge in [-0.3, -0.25) is 9.36 Å². The first-order chi connectivity index (χ1) is 11.1.